The highest BCUT2D eigenvalue weighted by atomic mass is 32.2. The van der Waals surface area contributed by atoms with Gasteiger partial charge in [0.15, 0.2) is 0 Å². The van der Waals surface area contributed by atoms with Crippen LogP contribution in [0.4, 0.5) is 17.1 Å². The summed E-state index contributed by atoms with van der Waals surface area (Å²) >= 11 is 3.85. The first-order valence-electron chi connectivity index (χ1n) is 19.7. The van der Waals surface area contributed by atoms with Crippen molar-refractivity contribution in [3.8, 4) is 43.6 Å². The average molecular weight is 973 g/mol. The highest BCUT2D eigenvalue weighted by Crippen LogP contribution is 2.43. The van der Waals surface area contributed by atoms with Crippen LogP contribution in [-0.4, -0.2) is 41.2 Å². The van der Waals surface area contributed by atoms with Crippen molar-refractivity contribution in [3.05, 3.63) is 150 Å². The largest absolute Gasteiger partial charge is 0.456 e. The van der Waals surface area contributed by atoms with Crippen molar-refractivity contribution in [2.24, 2.45) is 4.99 Å². The zero-order chi connectivity index (χ0) is 45.9. The Morgan fingerprint density at radius 1 is 0.667 bits per heavy atom. The van der Waals surface area contributed by atoms with Crippen LogP contribution in [0.15, 0.2) is 158 Å². The van der Waals surface area contributed by atoms with Crippen LogP contribution in [0.5, 0.6) is 0 Å². The van der Waals surface area contributed by atoms with E-state index in [0.29, 0.717) is 66.2 Å². The molecule has 10 rings (SSSR count). The van der Waals surface area contributed by atoms with Gasteiger partial charge in [-0.2, -0.15) is 16.8 Å². The number of fused-ring (bicyclic) bond motifs is 4. The summed E-state index contributed by atoms with van der Waals surface area (Å²) in [5, 5.41) is 18.4. The maximum absolute atomic E-state index is 12.7. The fourth-order valence-electron chi connectivity index (χ4n) is 7.68. The van der Waals surface area contributed by atoms with Gasteiger partial charge in [-0.15, -0.1) is 27.0 Å². The smallest absolute Gasteiger partial charge is 0.295 e. The Bertz CT molecular complexity index is 3810. The maximum atomic E-state index is 12.7. The first-order chi connectivity index (χ1) is 31.7. The van der Waals surface area contributed by atoms with E-state index in [9.17, 15) is 25.9 Å². The third-order valence-electron chi connectivity index (χ3n) is 10.7. The molecule has 1 aliphatic heterocycles. The summed E-state index contributed by atoms with van der Waals surface area (Å²) in [5.74, 6) is 0.419. The van der Waals surface area contributed by atoms with Crippen molar-refractivity contribution in [3.63, 3.8) is 0 Å². The van der Waals surface area contributed by atoms with Crippen molar-refractivity contribution in [1.29, 1.82) is 0 Å². The number of nitrogens with one attached hydrogen (secondary N) is 1. The summed E-state index contributed by atoms with van der Waals surface area (Å²) in [6.07, 6.45) is 0. The van der Waals surface area contributed by atoms with E-state index in [2.05, 4.69) is 19.7 Å². The highest BCUT2D eigenvalue weighted by Gasteiger charge is 2.24. The first kappa shape index (κ1) is 43.5. The molecule has 0 bridgehead atoms. The van der Waals surface area contributed by atoms with Crippen molar-refractivity contribution in [1.82, 2.24) is 9.97 Å². The van der Waals surface area contributed by atoms with Gasteiger partial charge in [0.25, 0.3) is 20.2 Å². The van der Waals surface area contributed by atoms with Gasteiger partial charge in [-0.3, -0.25) is 9.11 Å². The lowest BCUT2D eigenvalue weighted by atomic mass is 9.93. The number of hydrogen-bond acceptors (Lipinski definition) is 15. The zero-order valence-electron chi connectivity index (χ0n) is 34.3. The lowest BCUT2D eigenvalue weighted by molar-refractivity contribution is -0.432. The van der Waals surface area contributed by atoms with Gasteiger partial charge < -0.3 is 9.73 Å². The predicted octanol–water partition coefficient (Wildman–Crippen LogP) is 12.3. The van der Waals surface area contributed by atoms with E-state index in [1.807, 2.05) is 91.9 Å². The molecule has 8 aromatic rings. The van der Waals surface area contributed by atoms with Crippen molar-refractivity contribution >= 4 is 103 Å². The van der Waals surface area contributed by atoms with Crippen LogP contribution in [-0.2, 0) is 29.6 Å². The van der Waals surface area contributed by atoms with Gasteiger partial charge in [-0.1, -0.05) is 23.2 Å². The molecule has 14 nitrogen and oxygen atoms in total. The Labute approximate surface area is 388 Å². The SMILES string of the molecule is Cc1cc2sc(-c3ccc(Nc4ccc5c(-c6ccccc6S(=O)(=O)O)c6ccc(=Nc7ccc(-c8nc9cc(S(=O)(=O)O)c(C)cc9s8)cc7)cc-6oc5c4)cc3)nc2cc1SOOO. The molecule has 3 heterocycles. The number of thiazole rings is 2. The Balaban J connectivity index is 0.989. The van der Waals surface area contributed by atoms with Gasteiger partial charge in [0, 0.05) is 61.6 Å². The Kier molecular flexibility index (Phi) is 11.3. The van der Waals surface area contributed by atoms with E-state index in [-0.39, 0.29) is 9.79 Å². The van der Waals surface area contributed by atoms with Crippen molar-refractivity contribution in [2.75, 3.05) is 5.32 Å². The van der Waals surface area contributed by atoms with Gasteiger partial charge in [0.1, 0.15) is 26.3 Å². The molecule has 4 N–H and O–H groups in total. The number of benzene rings is 7. The van der Waals surface area contributed by atoms with E-state index in [1.54, 1.807) is 54.7 Å². The summed E-state index contributed by atoms with van der Waals surface area (Å²) in [6, 6.07) is 39.4. The van der Waals surface area contributed by atoms with E-state index >= 15 is 0 Å². The minimum absolute atomic E-state index is 0.179. The number of nitrogens with zero attached hydrogens (tertiary/aromatic N) is 3. The maximum Gasteiger partial charge on any atom is 0.295 e. The lowest BCUT2D eigenvalue weighted by Crippen LogP contribution is -2.05. The van der Waals surface area contributed by atoms with E-state index < -0.39 is 20.2 Å². The molecule has 0 unspecified atom stereocenters. The molecular formula is C47H32N4O10S5. The van der Waals surface area contributed by atoms with Crippen LogP contribution < -0.4 is 10.7 Å². The second-order valence-corrected chi connectivity index (χ2v) is 20.7. The quantitative estimate of drug-likeness (QED) is 0.0312. The number of aryl methyl sites for hydroxylation is 2. The fourth-order valence-corrected chi connectivity index (χ4v) is 11.7. The summed E-state index contributed by atoms with van der Waals surface area (Å²) in [7, 11) is -9.01. The van der Waals surface area contributed by atoms with Crippen LogP contribution >= 0.6 is 34.7 Å². The monoisotopic (exact) mass is 972 g/mol. The molecule has 6 aromatic carbocycles. The van der Waals surface area contributed by atoms with Crippen LogP contribution in [0, 0.1) is 13.8 Å². The summed E-state index contributed by atoms with van der Waals surface area (Å²) in [4.78, 5) is 14.6. The molecular weight excluding hydrogens is 941 g/mol. The zero-order valence-corrected chi connectivity index (χ0v) is 38.4. The molecule has 0 amide bonds. The van der Waals surface area contributed by atoms with Gasteiger partial charge >= 0.3 is 0 Å². The number of anilines is 2. The molecule has 0 atom stereocenters. The normalized spacial score (nSPS) is 12.5. The predicted molar refractivity (Wildman–Crippen MR) is 257 cm³/mol. The van der Waals surface area contributed by atoms with E-state index in [4.69, 9.17) is 19.7 Å². The Morgan fingerprint density at radius 2 is 1.30 bits per heavy atom. The molecule has 19 heteroatoms. The number of rotatable bonds is 11. The molecule has 0 saturated carbocycles. The van der Waals surface area contributed by atoms with Crippen LogP contribution in [0.2, 0.25) is 0 Å². The van der Waals surface area contributed by atoms with E-state index in [1.165, 1.54) is 23.5 Å². The van der Waals surface area contributed by atoms with Crippen LogP contribution in [0.25, 0.3) is 75.0 Å². The molecule has 66 heavy (non-hydrogen) atoms. The highest BCUT2D eigenvalue weighted by molar-refractivity contribution is 7.94. The minimum Gasteiger partial charge on any atom is -0.456 e. The molecule has 0 spiro atoms. The third kappa shape index (κ3) is 8.60. The van der Waals surface area contributed by atoms with Crippen molar-refractivity contribution < 1.29 is 45.0 Å². The summed E-state index contributed by atoms with van der Waals surface area (Å²) in [6.45, 7) is 3.56. The van der Waals surface area contributed by atoms with E-state index in [0.717, 1.165) is 59.2 Å². The third-order valence-corrected chi connectivity index (χ3v) is 15.5. The second-order valence-electron chi connectivity index (χ2n) is 15.1. The summed E-state index contributed by atoms with van der Waals surface area (Å²) in [5.41, 5.74) is 8.35. The standard InChI is InChI=1S/C47H32N4O10S5/c1-25-19-41-36(23-40(25)64-61-60-52)50-46(62-41)27-7-11-29(12-8-27)48-31-15-17-33-38(21-31)59-39-22-32(16-18-34(39)45(33)35-5-3-4-6-43(35)65(53,54)55)49-30-13-9-28(10-14-30)47-51-37-24-44(66(56,57)58)26(2)20-42(37)63-47/h3-24,48,52H,1-2H3,(H,53,54,55)(H,56,57,58). The topological polar surface area (TPSA) is 211 Å². The van der Waals surface area contributed by atoms with Crippen LogP contribution in [0.1, 0.15) is 11.1 Å². The van der Waals surface area contributed by atoms with Gasteiger partial charge in [-0.05, 0) is 128 Å². The molecule has 0 fully saturated rings. The molecule has 2 aromatic heterocycles. The molecule has 0 radical (unpaired) electrons. The minimum atomic E-state index is -4.62. The second kappa shape index (κ2) is 17.1. The molecule has 330 valence electrons. The average Bonchev–Trinajstić information content (AvgIpc) is 3.90. The number of aromatic nitrogens is 2. The summed E-state index contributed by atoms with van der Waals surface area (Å²) < 4.78 is 82.1. The molecule has 1 aliphatic carbocycles. The van der Waals surface area contributed by atoms with Gasteiger partial charge in [-0.25, -0.2) is 20.2 Å². The number of hydrogen-bond donors (Lipinski definition) is 4. The molecule has 2 aliphatic rings. The van der Waals surface area contributed by atoms with Crippen molar-refractivity contribution in [2.45, 2.75) is 28.5 Å². The van der Waals surface area contributed by atoms with Crippen LogP contribution in [0.3, 0.4) is 0 Å². The Morgan fingerprint density at radius 3 is 1.98 bits per heavy atom. The lowest BCUT2D eigenvalue weighted by Gasteiger charge is -2.18. The first-order valence-corrected chi connectivity index (χ1v) is 25.0. The Hall–Kier alpha value is -6.36. The fraction of sp³-hybridized carbons (Fsp3) is 0.0426. The van der Waals surface area contributed by atoms with Gasteiger partial charge in [0.2, 0.25) is 0 Å². The van der Waals surface area contributed by atoms with Gasteiger partial charge in [0.05, 0.1) is 48.4 Å². The molecule has 0 saturated heterocycles.